The zero-order chi connectivity index (χ0) is 13.2. The monoisotopic (exact) mass is 269 g/mol. The van der Waals surface area contributed by atoms with Crippen LogP contribution in [0, 0.1) is 0 Å². The zero-order valence-electron chi connectivity index (χ0n) is 11.9. The van der Waals surface area contributed by atoms with Gasteiger partial charge in [0.2, 0.25) is 0 Å². The topological polar surface area (TPSA) is 21.3 Å². The minimum Gasteiger partial charge on any atom is -0.380 e. The lowest BCUT2D eigenvalue weighted by molar-refractivity contribution is 0.0582. The van der Waals surface area contributed by atoms with Crippen molar-refractivity contribution >= 4 is 11.3 Å². The summed E-state index contributed by atoms with van der Waals surface area (Å²) in [5.41, 5.74) is 1.45. The fraction of sp³-hybridized carbons (Fsp3) is 0.733. The molecule has 0 aliphatic carbocycles. The largest absolute Gasteiger partial charge is 0.380 e. The van der Waals surface area contributed by atoms with Gasteiger partial charge in [-0.2, -0.15) is 11.3 Å². The lowest BCUT2D eigenvalue weighted by atomic mass is 9.99. The first kappa shape index (κ1) is 15.7. The van der Waals surface area contributed by atoms with Gasteiger partial charge in [-0.05, 0) is 54.6 Å². The molecule has 0 saturated carbocycles. The van der Waals surface area contributed by atoms with E-state index in [1.807, 2.05) is 7.11 Å². The summed E-state index contributed by atoms with van der Waals surface area (Å²) in [6.07, 6.45) is 6.16. The number of rotatable bonds is 10. The summed E-state index contributed by atoms with van der Waals surface area (Å²) < 4.78 is 5.66. The highest BCUT2D eigenvalue weighted by atomic mass is 32.1. The second-order valence-electron chi connectivity index (χ2n) is 4.79. The number of aryl methyl sites for hydroxylation is 1. The Labute approximate surface area is 116 Å². The van der Waals surface area contributed by atoms with Gasteiger partial charge >= 0.3 is 0 Å². The molecular weight excluding hydrogens is 242 g/mol. The minimum absolute atomic E-state index is 0.347. The molecule has 2 nitrogen and oxygen atoms in total. The van der Waals surface area contributed by atoms with Crippen molar-refractivity contribution in [2.75, 3.05) is 13.7 Å². The van der Waals surface area contributed by atoms with Crippen LogP contribution in [0.2, 0.25) is 0 Å². The molecule has 1 aromatic rings. The van der Waals surface area contributed by atoms with E-state index in [-0.39, 0.29) is 0 Å². The minimum atomic E-state index is 0.347. The molecule has 2 unspecified atom stereocenters. The highest BCUT2D eigenvalue weighted by Crippen LogP contribution is 2.15. The van der Waals surface area contributed by atoms with Crippen molar-refractivity contribution in [2.45, 2.75) is 58.1 Å². The van der Waals surface area contributed by atoms with E-state index in [0.717, 1.165) is 25.8 Å². The molecule has 1 heterocycles. The molecule has 1 rings (SSSR count). The summed E-state index contributed by atoms with van der Waals surface area (Å²) in [5.74, 6) is 0. The third-order valence-electron chi connectivity index (χ3n) is 3.31. The third-order valence-corrected chi connectivity index (χ3v) is 4.04. The maximum atomic E-state index is 5.66. The summed E-state index contributed by atoms with van der Waals surface area (Å²) in [4.78, 5) is 0. The summed E-state index contributed by atoms with van der Waals surface area (Å²) in [6.45, 7) is 5.52. The first-order valence-corrected chi connectivity index (χ1v) is 8.03. The maximum Gasteiger partial charge on any atom is 0.0724 e. The van der Waals surface area contributed by atoms with Gasteiger partial charge in [0.15, 0.2) is 0 Å². The lowest BCUT2D eigenvalue weighted by Gasteiger charge is -2.27. The first-order valence-electron chi connectivity index (χ1n) is 7.09. The Morgan fingerprint density at radius 3 is 2.67 bits per heavy atom. The Kier molecular flexibility index (Phi) is 8.31. The summed E-state index contributed by atoms with van der Waals surface area (Å²) >= 11 is 1.78. The van der Waals surface area contributed by atoms with Crippen LogP contribution >= 0.6 is 11.3 Å². The van der Waals surface area contributed by atoms with Gasteiger partial charge in [-0.25, -0.2) is 0 Å². The molecule has 0 spiro atoms. The van der Waals surface area contributed by atoms with Gasteiger partial charge in [-0.15, -0.1) is 0 Å². The molecule has 0 fully saturated rings. The Bertz CT molecular complexity index is 287. The van der Waals surface area contributed by atoms with Gasteiger partial charge in [0, 0.05) is 13.2 Å². The quantitative estimate of drug-likeness (QED) is 0.696. The number of thiophene rings is 1. The van der Waals surface area contributed by atoms with Crippen LogP contribution in [0.1, 0.15) is 45.1 Å². The van der Waals surface area contributed by atoms with Crippen LogP contribution in [0.15, 0.2) is 16.8 Å². The van der Waals surface area contributed by atoms with E-state index in [9.17, 15) is 0 Å². The molecule has 0 radical (unpaired) electrons. The van der Waals surface area contributed by atoms with Crippen molar-refractivity contribution in [3.8, 4) is 0 Å². The second-order valence-corrected chi connectivity index (χ2v) is 5.57. The maximum absolute atomic E-state index is 5.66. The Balaban J connectivity index is 2.47. The van der Waals surface area contributed by atoms with E-state index in [1.54, 1.807) is 11.3 Å². The SMILES string of the molecule is CCCNC(CCc1ccsc1)C(CCC)OC. The van der Waals surface area contributed by atoms with Gasteiger partial charge in [-0.1, -0.05) is 20.3 Å². The average Bonchev–Trinajstić information content (AvgIpc) is 2.90. The molecule has 0 aliphatic heterocycles. The number of ether oxygens (including phenoxy) is 1. The smallest absolute Gasteiger partial charge is 0.0724 e. The number of methoxy groups -OCH3 is 1. The fourth-order valence-electron chi connectivity index (χ4n) is 2.27. The predicted octanol–water partition coefficient (Wildman–Crippen LogP) is 3.86. The van der Waals surface area contributed by atoms with Crippen LogP contribution in [-0.4, -0.2) is 25.8 Å². The molecule has 0 bridgehead atoms. The van der Waals surface area contributed by atoms with Gasteiger partial charge in [-0.3, -0.25) is 0 Å². The van der Waals surface area contributed by atoms with Crippen LogP contribution < -0.4 is 5.32 Å². The van der Waals surface area contributed by atoms with Crippen LogP contribution in [0.25, 0.3) is 0 Å². The van der Waals surface area contributed by atoms with Crippen LogP contribution in [-0.2, 0) is 11.2 Å². The summed E-state index contributed by atoms with van der Waals surface area (Å²) in [5, 5.41) is 8.05. The van der Waals surface area contributed by atoms with E-state index in [4.69, 9.17) is 4.74 Å². The molecule has 18 heavy (non-hydrogen) atoms. The molecule has 1 N–H and O–H groups in total. The van der Waals surface area contributed by atoms with Gasteiger partial charge in [0.05, 0.1) is 6.10 Å². The van der Waals surface area contributed by atoms with E-state index in [1.165, 1.54) is 18.4 Å². The number of hydrogen-bond acceptors (Lipinski definition) is 3. The Morgan fingerprint density at radius 1 is 1.28 bits per heavy atom. The lowest BCUT2D eigenvalue weighted by Crippen LogP contribution is -2.41. The summed E-state index contributed by atoms with van der Waals surface area (Å²) in [6, 6.07) is 2.71. The molecular formula is C15H27NOS. The summed E-state index contributed by atoms with van der Waals surface area (Å²) in [7, 11) is 1.84. The zero-order valence-corrected chi connectivity index (χ0v) is 12.8. The van der Waals surface area contributed by atoms with Crippen molar-refractivity contribution in [3.05, 3.63) is 22.4 Å². The standard InChI is InChI=1S/C15H27NOS/c1-4-6-15(17-3)14(16-10-5-2)8-7-13-9-11-18-12-13/h9,11-12,14-16H,4-8,10H2,1-3H3. The normalized spacial score (nSPS) is 14.6. The van der Waals surface area contributed by atoms with Crippen LogP contribution in [0.4, 0.5) is 0 Å². The molecule has 0 amide bonds. The van der Waals surface area contributed by atoms with Gasteiger partial charge in [0.25, 0.3) is 0 Å². The van der Waals surface area contributed by atoms with Crippen LogP contribution in [0.5, 0.6) is 0 Å². The molecule has 104 valence electrons. The highest BCUT2D eigenvalue weighted by molar-refractivity contribution is 7.07. The van der Waals surface area contributed by atoms with Crippen LogP contribution in [0.3, 0.4) is 0 Å². The van der Waals surface area contributed by atoms with Gasteiger partial charge in [0.1, 0.15) is 0 Å². The van der Waals surface area contributed by atoms with Crippen molar-refractivity contribution in [1.29, 1.82) is 0 Å². The number of hydrogen-bond donors (Lipinski definition) is 1. The van der Waals surface area contributed by atoms with Crippen molar-refractivity contribution < 1.29 is 4.74 Å². The second kappa shape index (κ2) is 9.54. The molecule has 0 aromatic carbocycles. The van der Waals surface area contributed by atoms with E-state index in [2.05, 4.69) is 36.0 Å². The van der Waals surface area contributed by atoms with Gasteiger partial charge < -0.3 is 10.1 Å². The molecule has 0 aliphatic rings. The first-order chi connectivity index (χ1) is 8.81. The average molecular weight is 269 g/mol. The van der Waals surface area contributed by atoms with Crippen molar-refractivity contribution in [3.63, 3.8) is 0 Å². The van der Waals surface area contributed by atoms with E-state index < -0.39 is 0 Å². The molecule has 3 heteroatoms. The van der Waals surface area contributed by atoms with Crippen molar-refractivity contribution in [1.82, 2.24) is 5.32 Å². The Morgan fingerprint density at radius 2 is 2.11 bits per heavy atom. The van der Waals surface area contributed by atoms with Crippen molar-refractivity contribution in [2.24, 2.45) is 0 Å². The molecule has 0 saturated heterocycles. The third kappa shape index (κ3) is 5.51. The predicted molar refractivity (Wildman–Crippen MR) is 80.4 cm³/mol. The number of nitrogens with one attached hydrogen (secondary N) is 1. The van der Waals surface area contributed by atoms with E-state index >= 15 is 0 Å². The van der Waals surface area contributed by atoms with E-state index in [0.29, 0.717) is 12.1 Å². The molecule has 2 atom stereocenters. The molecule has 1 aromatic heterocycles. The fourth-order valence-corrected chi connectivity index (χ4v) is 2.98. The Hall–Kier alpha value is -0.380. The highest BCUT2D eigenvalue weighted by Gasteiger charge is 2.19.